The lowest BCUT2D eigenvalue weighted by Crippen LogP contribution is -2.45. The Morgan fingerprint density at radius 3 is 2.90 bits per heavy atom. The van der Waals surface area contributed by atoms with Crippen LogP contribution in [-0.2, 0) is 14.3 Å². The van der Waals surface area contributed by atoms with Gasteiger partial charge in [-0.15, -0.1) is 0 Å². The summed E-state index contributed by atoms with van der Waals surface area (Å²) in [6.07, 6.45) is 2.62. The molecule has 6 heteroatoms. The molecule has 0 amide bonds. The summed E-state index contributed by atoms with van der Waals surface area (Å²) in [6.45, 7) is 6.91. The number of rotatable bonds is 8. The molecule has 0 radical (unpaired) electrons. The summed E-state index contributed by atoms with van der Waals surface area (Å²) in [5.41, 5.74) is 0. The standard InChI is InChI=1S/C14H26N2O4/c1-3-20-14(19)7-11(2)16-6-4-5-12(10-16)8-15-9-13(17)18/h11-12,15H,3-10H2,1-2H3,(H,17,18). The predicted molar refractivity (Wildman–Crippen MR) is 75.5 cm³/mol. The van der Waals surface area contributed by atoms with Crippen molar-refractivity contribution in [2.24, 2.45) is 5.92 Å². The molecule has 0 aliphatic carbocycles. The summed E-state index contributed by atoms with van der Waals surface area (Å²) in [7, 11) is 0. The molecular weight excluding hydrogens is 260 g/mol. The SMILES string of the molecule is CCOC(=O)CC(C)N1CCCC(CNCC(=O)O)C1. The van der Waals surface area contributed by atoms with Crippen LogP contribution < -0.4 is 5.32 Å². The maximum absolute atomic E-state index is 11.5. The van der Waals surface area contributed by atoms with Crippen molar-refractivity contribution in [3.63, 3.8) is 0 Å². The maximum Gasteiger partial charge on any atom is 0.317 e. The number of nitrogens with zero attached hydrogens (tertiary/aromatic N) is 1. The molecule has 1 aliphatic rings. The molecule has 0 aromatic carbocycles. The molecule has 6 nitrogen and oxygen atoms in total. The minimum Gasteiger partial charge on any atom is -0.480 e. The van der Waals surface area contributed by atoms with Crippen LogP contribution in [0.5, 0.6) is 0 Å². The van der Waals surface area contributed by atoms with Crippen LogP contribution in [0.2, 0.25) is 0 Å². The van der Waals surface area contributed by atoms with Gasteiger partial charge in [0.25, 0.3) is 0 Å². The van der Waals surface area contributed by atoms with Gasteiger partial charge in [-0.05, 0) is 45.7 Å². The van der Waals surface area contributed by atoms with Crippen molar-refractivity contribution >= 4 is 11.9 Å². The molecule has 20 heavy (non-hydrogen) atoms. The highest BCUT2D eigenvalue weighted by Gasteiger charge is 2.25. The third-order valence-electron chi connectivity index (χ3n) is 3.65. The number of ether oxygens (including phenoxy) is 1. The molecule has 0 spiro atoms. The highest BCUT2D eigenvalue weighted by atomic mass is 16.5. The van der Waals surface area contributed by atoms with Crippen LogP contribution in [0.15, 0.2) is 0 Å². The molecule has 0 bridgehead atoms. The molecule has 1 saturated heterocycles. The summed E-state index contributed by atoms with van der Waals surface area (Å²) in [4.78, 5) is 24.3. The van der Waals surface area contributed by atoms with Crippen LogP contribution in [0.4, 0.5) is 0 Å². The number of hydrogen-bond donors (Lipinski definition) is 2. The average Bonchev–Trinajstić information content (AvgIpc) is 2.39. The summed E-state index contributed by atoms with van der Waals surface area (Å²) in [6, 6.07) is 0.177. The number of aliphatic carboxylic acids is 1. The number of hydrogen-bond acceptors (Lipinski definition) is 5. The molecule has 0 aromatic rings. The fraction of sp³-hybridized carbons (Fsp3) is 0.857. The number of carboxylic acid groups (broad SMARTS) is 1. The van der Waals surface area contributed by atoms with E-state index in [2.05, 4.69) is 10.2 Å². The largest absolute Gasteiger partial charge is 0.480 e. The first-order chi connectivity index (χ1) is 9.52. The first-order valence-electron chi connectivity index (χ1n) is 7.35. The van der Waals surface area contributed by atoms with E-state index in [1.54, 1.807) is 0 Å². The van der Waals surface area contributed by atoms with Crippen molar-refractivity contribution in [2.75, 3.05) is 32.8 Å². The van der Waals surface area contributed by atoms with Crippen LogP contribution in [0.3, 0.4) is 0 Å². The number of piperidine rings is 1. The molecule has 116 valence electrons. The zero-order valence-electron chi connectivity index (χ0n) is 12.4. The molecule has 1 fully saturated rings. The first-order valence-corrected chi connectivity index (χ1v) is 7.35. The van der Waals surface area contributed by atoms with Crippen LogP contribution in [0, 0.1) is 5.92 Å². The number of carbonyl (C=O) groups excluding carboxylic acids is 1. The number of carbonyl (C=O) groups is 2. The van der Waals surface area contributed by atoms with Crippen molar-refractivity contribution in [1.82, 2.24) is 10.2 Å². The van der Waals surface area contributed by atoms with Gasteiger partial charge in [0.1, 0.15) is 0 Å². The molecule has 2 N–H and O–H groups in total. The zero-order chi connectivity index (χ0) is 15.0. The van der Waals surface area contributed by atoms with Gasteiger partial charge in [0.15, 0.2) is 0 Å². The van der Waals surface area contributed by atoms with E-state index in [1.165, 1.54) is 0 Å². The second kappa shape index (κ2) is 8.92. The van der Waals surface area contributed by atoms with Gasteiger partial charge in [0, 0.05) is 12.6 Å². The fourth-order valence-electron chi connectivity index (χ4n) is 2.64. The van der Waals surface area contributed by atoms with E-state index in [-0.39, 0.29) is 18.6 Å². The molecular formula is C14H26N2O4. The Morgan fingerprint density at radius 2 is 2.25 bits per heavy atom. The molecule has 0 aromatic heterocycles. The van der Waals surface area contributed by atoms with Gasteiger partial charge in [-0.3, -0.25) is 14.5 Å². The Labute approximate surface area is 120 Å². The van der Waals surface area contributed by atoms with Crippen LogP contribution in [-0.4, -0.2) is 60.8 Å². The summed E-state index contributed by atoms with van der Waals surface area (Å²) in [5, 5.41) is 11.6. The number of likely N-dealkylation sites (tertiary alicyclic amines) is 1. The lowest BCUT2D eigenvalue weighted by atomic mass is 9.96. The Morgan fingerprint density at radius 1 is 1.50 bits per heavy atom. The van der Waals surface area contributed by atoms with Gasteiger partial charge in [0.2, 0.25) is 0 Å². The minimum absolute atomic E-state index is 0.00881. The fourth-order valence-corrected chi connectivity index (χ4v) is 2.64. The number of esters is 1. The van der Waals surface area contributed by atoms with Crippen molar-refractivity contribution in [2.45, 2.75) is 39.2 Å². The second-order valence-electron chi connectivity index (χ2n) is 5.39. The van der Waals surface area contributed by atoms with Gasteiger partial charge in [-0.25, -0.2) is 0 Å². The van der Waals surface area contributed by atoms with E-state index in [1.807, 2.05) is 13.8 Å². The summed E-state index contributed by atoms with van der Waals surface area (Å²) in [5.74, 6) is -0.521. The van der Waals surface area contributed by atoms with Gasteiger partial charge >= 0.3 is 11.9 Å². The number of nitrogens with one attached hydrogen (secondary N) is 1. The Bertz CT molecular complexity index is 322. The number of carboxylic acids is 1. The lowest BCUT2D eigenvalue weighted by molar-refractivity contribution is -0.144. The topological polar surface area (TPSA) is 78.9 Å². The van der Waals surface area contributed by atoms with Gasteiger partial charge in [-0.1, -0.05) is 0 Å². The highest BCUT2D eigenvalue weighted by molar-refractivity contribution is 5.70. The molecule has 1 rings (SSSR count). The molecule has 0 saturated carbocycles. The zero-order valence-corrected chi connectivity index (χ0v) is 12.4. The van der Waals surface area contributed by atoms with E-state index in [4.69, 9.17) is 9.84 Å². The molecule has 2 atom stereocenters. The average molecular weight is 286 g/mol. The normalized spacial score (nSPS) is 21.4. The van der Waals surface area contributed by atoms with Gasteiger partial charge in [-0.2, -0.15) is 0 Å². The predicted octanol–water partition coefficient (Wildman–Crippen LogP) is 0.714. The molecule has 2 unspecified atom stereocenters. The summed E-state index contributed by atoms with van der Waals surface area (Å²) >= 11 is 0. The molecule has 1 heterocycles. The molecule has 1 aliphatic heterocycles. The first kappa shape index (κ1) is 16.9. The van der Waals surface area contributed by atoms with Crippen molar-refractivity contribution < 1.29 is 19.4 Å². The smallest absolute Gasteiger partial charge is 0.317 e. The van der Waals surface area contributed by atoms with Crippen molar-refractivity contribution in [3.05, 3.63) is 0 Å². The van der Waals surface area contributed by atoms with E-state index < -0.39 is 5.97 Å². The monoisotopic (exact) mass is 286 g/mol. The van der Waals surface area contributed by atoms with Gasteiger partial charge in [0.05, 0.1) is 19.6 Å². The van der Waals surface area contributed by atoms with Crippen molar-refractivity contribution in [1.29, 1.82) is 0 Å². The van der Waals surface area contributed by atoms with E-state index in [0.29, 0.717) is 18.9 Å². The lowest BCUT2D eigenvalue weighted by Gasteiger charge is -2.36. The van der Waals surface area contributed by atoms with E-state index in [9.17, 15) is 9.59 Å². The van der Waals surface area contributed by atoms with Crippen molar-refractivity contribution in [3.8, 4) is 0 Å². The van der Waals surface area contributed by atoms with Crippen LogP contribution in [0.25, 0.3) is 0 Å². The maximum atomic E-state index is 11.5. The van der Waals surface area contributed by atoms with E-state index >= 15 is 0 Å². The van der Waals surface area contributed by atoms with Crippen LogP contribution in [0.1, 0.15) is 33.1 Å². The third-order valence-corrected chi connectivity index (χ3v) is 3.65. The Balaban J connectivity index is 2.31. The third kappa shape index (κ3) is 6.34. The quantitative estimate of drug-likeness (QED) is 0.640. The highest BCUT2D eigenvalue weighted by Crippen LogP contribution is 2.19. The summed E-state index contributed by atoms with van der Waals surface area (Å²) < 4.78 is 4.98. The minimum atomic E-state index is -0.826. The Hall–Kier alpha value is -1.14. The Kier molecular flexibility index (Phi) is 7.54. The second-order valence-corrected chi connectivity index (χ2v) is 5.39. The van der Waals surface area contributed by atoms with Crippen LogP contribution >= 0.6 is 0 Å². The van der Waals surface area contributed by atoms with E-state index in [0.717, 1.165) is 32.5 Å². The van der Waals surface area contributed by atoms with Gasteiger partial charge < -0.3 is 15.2 Å².